The molecule has 0 aliphatic rings. The van der Waals surface area contributed by atoms with E-state index in [2.05, 4.69) is 24.2 Å². The molecule has 2 aromatic carbocycles. The maximum atomic E-state index is 13.7. The second-order valence-corrected chi connectivity index (χ2v) is 8.13. The summed E-state index contributed by atoms with van der Waals surface area (Å²) in [5, 5.41) is 4.69. The Morgan fingerprint density at radius 3 is 2.48 bits per heavy atom. The van der Waals surface area contributed by atoms with E-state index in [0.29, 0.717) is 10.9 Å². The molecule has 2 heterocycles. The van der Waals surface area contributed by atoms with Crippen LogP contribution >= 0.6 is 11.3 Å². The Hall–Kier alpha value is -2.99. The number of thiazole rings is 1. The van der Waals surface area contributed by atoms with Crippen molar-refractivity contribution in [1.29, 1.82) is 0 Å². The van der Waals surface area contributed by atoms with Gasteiger partial charge in [0.25, 0.3) is 0 Å². The van der Waals surface area contributed by atoms with Crippen molar-refractivity contribution in [3.05, 3.63) is 71.1 Å². The second kappa shape index (κ2) is 7.79. The van der Waals surface area contributed by atoms with Crippen LogP contribution in [0.3, 0.4) is 0 Å². The number of nitrogens with zero attached hydrogens (tertiary/aromatic N) is 3. The van der Waals surface area contributed by atoms with Crippen LogP contribution in [0.2, 0.25) is 0 Å². The highest BCUT2D eigenvalue weighted by molar-refractivity contribution is 7.22. The summed E-state index contributed by atoms with van der Waals surface area (Å²) in [6.07, 6.45) is 0.949. The fourth-order valence-electron chi connectivity index (χ4n) is 3.59. The molecule has 0 saturated heterocycles. The maximum absolute atomic E-state index is 13.7. The van der Waals surface area contributed by atoms with Crippen LogP contribution in [-0.4, -0.2) is 16.0 Å². The Morgan fingerprint density at radius 2 is 1.86 bits per heavy atom. The monoisotopic (exact) mass is 405 g/mol. The van der Waals surface area contributed by atoms with Crippen LogP contribution in [0, 0.1) is 13.8 Å². The maximum Gasteiger partial charge on any atom is 0.240 e. The Morgan fingerprint density at radius 1 is 1.14 bits per heavy atom. The van der Waals surface area contributed by atoms with Crippen molar-refractivity contribution in [1.82, 2.24) is 10.1 Å². The first-order valence-corrected chi connectivity index (χ1v) is 10.5. The van der Waals surface area contributed by atoms with E-state index in [0.717, 1.165) is 33.6 Å². The van der Waals surface area contributed by atoms with Crippen molar-refractivity contribution in [3.8, 4) is 0 Å². The number of hydrogen-bond donors (Lipinski definition) is 0. The molecule has 1 amide bonds. The van der Waals surface area contributed by atoms with Crippen molar-refractivity contribution in [2.24, 2.45) is 0 Å². The number of para-hydroxylation sites is 1. The Labute approximate surface area is 174 Å². The van der Waals surface area contributed by atoms with E-state index in [1.165, 1.54) is 16.9 Å². The number of fused-ring (bicyclic) bond motifs is 1. The molecule has 1 atom stereocenters. The van der Waals surface area contributed by atoms with Crippen LogP contribution in [0.1, 0.15) is 42.3 Å². The van der Waals surface area contributed by atoms with Crippen LogP contribution in [0.5, 0.6) is 0 Å². The number of carbonyl (C=O) groups excluding carboxylic acids is 1. The number of amides is 1. The van der Waals surface area contributed by atoms with Crippen LogP contribution < -0.4 is 4.90 Å². The van der Waals surface area contributed by atoms with Crippen LogP contribution in [-0.2, 0) is 11.2 Å². The van der Waals surface area contributed by atoms with Gasteiger partial charge in [-0.25, -0.2) is 4.98 Å². The molecule has 0 N–H and O–H groups in total. The zero-order valence-corrected chi connectivity index (χ0v) is 17.8. The van der Waals surface area contributed by atoms with Gasteiger partial charge in [-0.2, -0.15) is 0 Å². The topological polar surface area (TPSA) is 59.2 Å². The predicted octanol–water partition coefficient (Wildman–Crippen LogP) is 5.93. The summed E-state index contributed by atoms with van der Waals surface area (Å²) >= 11 is 1.52. The van der Waals surface area contributed by atoms with Crippen LogP contribution in [0.4, 0.5) is 10.8 Å². The molecule has 2 aromatic heterocycles. The summed E-state index contributed by atoms with van der Waals surface area (Å²) in [6, 6.07) is 16.0. The molecule has 0 fully saturated rings. The van der Waals surface area contributed by atoms with Crippen LogP contribution in [0.25, 0.3) is 10.2 Å². The van der Waals surface area contributed by atoms with Gasteiger partial charge in [0.05, 0.1) is 27.5 Å². The lowest BCUT2D eigenvalue weighted by Gasteiger charge is -2.24. The molecular weight excluding hydrogens is 382 g/mol. The molecule has 0 bridgehead atoms. The van der Waals surface area contributed by atoms with Crippen molar-refractivity contribution >= 4 is 38.3 Å². The molecule has 0 saturated carbocycles. The minimum atomic E-state index is -0.404. The van der Waals surface area contributed by atoms with Gasteiger partial charge in [0.15, 0.2) is 5.13 Å². The quantitative estimate of drug-likeness (QED) is 0.413. The molecule has 0 aliphatic carbocycles. The molecule has 1 unspecified atom stereocenters. The first-order chi connectivity index (χ1) is 14.0. The highest BCUT2D eigenvalue weighted by Gasteiger charge is 2.30. The summed E-state index contributed by atoms with van der Waals surface area (Å²) in [6.45, 7) is 7.73. The number of rotatable bonds is 5. The van der Waals surface area contributed by atoms with Gasteiger partial charge < -0.3 is 4.52 Å². The standard InChI is InChI=1S/C23H23N3O2S/c1-5-17-10-12-18(13-11-17)26(23-24-19-8-6-7-9-20(19)29-23)22(27)14(2)21-15(3)25-28-16(21)4/h6-14H,5H2,1-4H3. The summed E-state index contributed by atoms with van der Waals surface area (Å²) in [4.78, 5) is 20.2. The van der Waals surface area contributed by atoms with E-state index >= 15 is 0 Å². The number of hydrogen-bond acceptors (Lipinski definition) is 5. The van der Waals surface area contributed by atoms with Gasteiger partial charge in [-0.05, 0) is 57.0 Å². The van der Waals surface area contributed by atoms with E-state index in [1.54, 1.807) is 4.90 Å². The molecule has 0 radical (unpaired) electrons. The lowest BCUT2D eigenvalue weighted by molar-refractivity contribution is -0.119. The fraction of sp³-hybridized carbons (Fsp3) is 0.261. The molecule has 5 nitrogen and oxygen atoms in total. The smallest absolute Gasteiger partial charge is 0.240 e. The molecule has 29 heavy (non-hydrogen) atoms. The molecule has 4 rings (SSSR count). The van der Waals surface area contributed by atoms with Crippen molar-refractivity contribution in [2.45, 2.75) is 40.0 Å². The third kappa shape index (κ3) is 3.56. The highest BCUT2D eigenvalue weighted by atomic mass is 32.1. The van der Waals surface area contributed by atoms with Crippen molar-refractivity contribution in [3.63, 3.8) is 0 Å². The second-order valence-electron chi connectivity index (χ2n) is 7.12. The summed E-state index contributed by atoms with van der Waals surface area (Å²) in [5.74, 6) is 0.218. The van der Waals surface area contributed by atoms with Gasteiger partial charge in [-0.15, -0.1) is 0 Å². The number of aromatic nitrogens is 2. The molecule has 0 spiro atoms. The van der Waals surface area contributed by atoms with E-state index in [4.69, 9.17) is 9.51 Å². The van der Waals surface area contributed by atoms with Gasteiger partial charge >= 0.3 is 0 Å². The lowest BCUT2D eigenvalue weighted by Crippen LogP contribution is -2.30. The summed E-state index contributed by atoms with van der Waals surface area (Å²) < 4.78 is 6.35. The van der Waals surface area contributed by atoms with Gasteiger partial charge in [-0.3, -0.25) is 9.69 Å². The van der Waals surface area contributed by atoms with E-state index < -0.39 is 5.92 Å². The van der Waals surface area contributed by atoms with Crippen molar-refractivity contribution < 1.29 is 9.32 Å². The fourth-order valence-corrected chi connectivity index (χ4v) is 4.59. The van der Waals surface area contributed by atoms with Gasteiger partial charge in [0.1, 0.15) is 5.76 Å². The van der Waals surface area contributed by atoms with Gasteiger partial charge in [0.2, 0.25) is 5.91 Å². The zero-order valence-electron chi connectivity index (χ0n) is 17.0. The van der Waals surface area contributed by atoms with Crippen molar-refractivity contribution in [2.75, 3.05) is 4.90 Å². The van der Waals surface area contributed by atoms with E-state index in [1.807, 2.05) is 57.2 Å². The van der Waals surface area contributed by atoms with E-state index in [9.17, 15) is 4.79 Å². The van der Waals surface area contributed by atoms with Gasteiger partial charge in [0, 0.05) is 5.56 Å². The predicted molar refractivity (Wildman–Crippen MR) is 117 cm³/mol. The van der Waals surface area contributed by atoms with Crippen LogP contribution in [0.15, 0.2) is 53.1 Å². The SMILES string of the molecule is CCc1ccc(N(C(=O)C(C)c2c(C)noc2C)c2nc3ccccc3s2)cc1. The minimum absolute atomic E-state index is 0.0531. The Bertz CT molecular complexity index is 1110. The minimum Gasteiger partial charge on any atom is -0.361 e. The first kappa shape index (κ1) is 19.3. The van der Waals surface area contributed by atoms with Gasteiger partial charge in [-0.1, -0.05) is 47.7 Å². The normalized spacial score (nSPS) is 12.3. The lowest BCUT2D eigenvalue weighted by atomic mass is 9.98. The number of benzene rings is 2. The average molecular weight is 406 g/mol. The molecule has 6 heteroatoms. The summed E-state index contributed by atoms with van der Waals surface area (Å²) in [5.41, 5.74) is 4.51. The van der Waals surface area contributed by atoms with E-state index in [-0.39, 0.29) is 5.91 Å². The number of carbonyl (C=O) groups is 1. The summed E-state index contributed by atoms with van der Waals surface area (Å²) in [7, 11) is 0. The number of aryl methyl sites for hydroxylation is 3. The Balaban J connectivity index is 1.81. The third-order valence-corrected chi connectivity index (χ3v) is 6.21. The average Bonchev–Trinajstić information content (AvgIpc) is 3.30. The molecule has 4 aromatic rings. The molecule has 148 valence electrons. The zero-order chi connectivity index (χ0) is 20.5. The first-order valence-electron chi connectivity index (χ1n) is 9.70. The number of anilines is 2. The largest absolute Gasteiger partial charge is 0.361 e. The Kier molecular flexibility index (Phi) is 5.20. The highest BCUT2D eigenvalue weighted by Crippen LogP contribution is 2.37. The molecular formula is C23H23N3O2S. The molecule has 0 aliphatic heterocycles. The third-order valence-electron chi connectivity index (χ3n) is 5.19.